The number of ether oxygens (including phenoxy) is 5. The number of carboxylic acids is 1. The first kappa shape index (κ1) is 32.4. The van der Waals surface area contributed by atoms with Crippen LogP contribution >= 0.6 is 0 Å². The highest BCUT2D eigenvalue weighted by Crippen LogP contribution is 2.43. The predicted molar refractivity (Wildman–Crippen MR) is 150 cm³/mol. The minimum absolute atomic E-state index is 0.0577. The van der Waals surface area contributed by atoms with Gasteiger partial charge in [0, 0.05) is 31.6 Å². The molecule has 1 aromatic rings. The number of fused-ring (bicyclic) bond motifs is 1. The maximum Gasteiger partial charge on any atom is 0.306 e. The smallest absolute Gasteiger partial charge is 0.306 e. The Labute approximate surface area is 246 Å². The molecule has 8 nitrogen and oxygen atoms in total. The number of carboxylic acid groups (broad SMARTS) is 1. The third kappa shape index (κ3) is 9.22. The third-order valence-corrected chi connectivity index (χ3v) is 8.77. The molecule has 1 aromatic carbocycles. The molecule has 0 bridgehead atoms. The molecule has 4 rings (SSSR count). The van der Waals surface area contributed by atoms with Crippen LogP contribution in [0.3, 0.4) is 0 Å². The summed E-state index contributed by atoms with van der Waals surface area (Å²) >= 11 is 0. The molecule has 1 aliphatic carbocycles. The zero-order valence-corrected chi connectivity index (χ0v) is 24.3. The van der Waals surface area contributed by atoms with Gasteiger partial charge in [0.1, 0.15) is 24.6 Å². The van der Waals surface area contributed by atoms with Crippen molar-refractivity contribution in [2.45, 2.75) is 95.7 Å². The van der Waals surface area contributed by atoms with Gasteiger partial charge in [-0.15, -0.1) is 0 Å². The summed E-state index contributed by atoms with van der Waals surface area (Å²) in [7, 11) is 0. The molecular weight excluding hydrogens is 550 g/mol. The fourth-order valence-corrected chi connectivity index (χ4v) is 6.48. The maximum atomic E-state index is 14.2. The van der Waals surface area contributed by atoms with Gasteiger partial charge in [0.05, 0.1) is 12.0 Å². The molecule has 1 saturated carbocycles. The van der Waals surface area contributed by atoms with Crippen LogP contribution in [0.2, 0.25) is 0 Å². The van der Waals surface area contributed by atoms with Gasteiger partial charge in [-0.1, -0.05) is 25.5 Å². The lowest BCUT2D eigenvalue weighted by molar-refractivity contribution is -0.183. The number of rotatable bonds is 15. The number of hydrogen-bond acceptors (Lipinski definition) is 7. The van der Waals surface area contributed by atoms with Crippen LogP contribution in [0.4, 0.5) is 8.78 Å². The largest absolute Gasteiger partial charge is 0.487 e. The van der Waals surface area contributed by atoms with Crippen molar-refractivity contribution in [1.82, 2.24) is 0 Å². The summed E-state index contributed by atoms with van der Waals surface area (Å²) in [4.78, 5) is 22.9. The Bertz CT molecular complexity index is 1030. The van der Waals surface area contributed by atoms with Crippen molar-refractivity contribution in [3.05, 3.63) is 42.0 Å². The summed E-state index contributed by atoms with van der Waals surface area (Å²) in [6.07, 6.45) is 10.3. The Balaban J connectivity index is 1.43. The lowest BCUT2D eigenvalue weighted by Crippen LogP contribution is -2.31. The monoisotopic (exact) mass is 594 g/mol. The van der Waals surface area contributed by atoms with E-state index in [1.165, 1.54) is 0 Å². The zero-order chi connectivity index (χ0) is 29.9. The number of halogens is 2. The Morgan fingerprint density at radius 3 is 2.76 bits per heavy atom. The van der Waals surface area contributed by atoms with Gasteiger partial charge >= 0.3 is 5.97 Å². The molecule has 2 unspecified atom stereocenters. The Morgan fingerprint density at radius 2 is 2.02 bits per heavy atom. The van der Waals surface area contributed by atoms with E-state index in [1.54, 1.807) is 0 Å². The van der Waals surface area contributed by atoms with Gasteiger partial charge in [-0.2, -0.15) is 0 Å². The highest BCUT2D eigenvalue weighted by Gasteiger charge is 2.45. The van der Waals surface area contributed by atoms with Crippen molar-refractivity contribution in [1.29, 1.82) is 0 Å². The first-order valence-corrected chi connectivity index (χ1v) is 15.3. The lowest BCUT2D eigenvalue weighted by Gasteiger charge is -2.27. The quantitative estimate of drug-likeness (QED) is 0.193. The van der Waals surface area contributed by atoms with Gasteiger partial charge in [0.25, 0.3) is 6.47 Å². The topological polar surface area (TPSA) is 101 Å². The van der Waals surface area contributed by atoms with Crippen LogP contribution in [-0.2, 0) is 28.5 Å². The molecule has 3 aliphatic rings. The Morgan fingerprint density at radius 1 is 1.17 bits per heavy atom. The average molecular weight is 595 g/mol. The summed E-state index contributed by atoms with van der Waals surface area (Å²) in [5.74, 6) is -2.27. The highest BCUT2D eigenvalue weighted by atomic mass is 19.1. The summed E-state index contributed by atoms with van der Waals surface area (Å²) < 4.78 is 57.3. The summed E-state index contributed by atoms with van der Waals surface area (Å²) in [5.41, 5.74) is 0. The van der Waals surface area contributed by atoms with E-state index in [9.17, 15) is 23.5 Å². The van der Waals surface area contributed by atoms with Crippen molar-refractivity contribution >= 4 is 12.4 Å². The fourth-order valence-electron chi connectivity index (χ4n) is 6.48. The molecule has 2 aliphatic heterocycles. The first-order chi connectivity index (χ1) is 20.4. The second-order valence-electron chi connectivity index (χ2n) is 11.7. The standard InChI is InChI=1S/C32H44F2O8/c1-2-5-22(32(36)37)9-7-21-8-12-25-26(29(41-20-35)17-28(25)39-18-21)13-11-24(42-31-6-3-4-15-38-31)19-40-30-16-23(33)10-14-27(30)34/h10-11,13-14,16,20-22,24-26,28-29,31H,2-9,12,15,17-19H2,1H3,(H,36,37)/b13-11+/t21-,22?,24-,25-,26-,28+,29+,31?/m1/s1. The van der Waals surface area contributed by atoms with Crippen LogP contribution in [0.15, 0.2) is 30.4 Å². The SMILES string of the molecule is CCCC(CC[C@@H]1CC[C@@H]2[C@@H](/C=C/[C@H](COc3cc(F)ccc3F)OC3CCCCO3)[C@@H](OC=O)C[C@@H]2OC1)C(=O)O. The molecule has 234 valence electrons. The second-order valence-corrected chi connectivity index (χ2v) is 11.7. The van der Waals surface area contributed by atoms with Gasteiger partial charge in [-0.25, -0.2) is 8.78 Å². The van der Waals surface area contributed by atoms with E-state index in [-0.39, 0.29) is 48.2 Å². The van der Waals surface area contributed by atoms with Gasteiger partial charge in [-0.05, 0) is 75.3 Å². The molecule has 0 amide bonds. The summed E-state index contributed by atoms with van der Waals surface area (Å²) in [6, 6.07) is 3.05. The number of aliphatic carboxylic acids is 1. The van der Waals surface area contributed by atoms with E-state index in [0.717, 1.165) is 63.1 Å². The molecule has 3 fully saturated rings. The molecule has 0 radical (unpaired) electrons. The van der Waals surface area contributed by atoms with E-state index >= 15 is 0 Å². The van der Waals surface area contributed by atoms with Crippen molar-refractivity contribution in [3.63, 3.8) is 0 Å². The zero-order valence-electron chi connectivity index (χ0n) is 24.3. The van der Waals surface area contributed by atoms with Crippen LogP contribution in [0, 0.1) is 35.3 Å². The van der Waals surface area contributed by atoms with Crippen LogP contribution < -0.4 is 4.74 Å². The minimum atomic E-state index is -0.734. The number of benzene rings is 1. The van der Waals surface area contributed by atoms with Crippen LogP contribution in [-0.4, -0.2) is 62.0 Å². The van der Waals surface area contributed by atoms with Gasteiger partial charge in [0.2, 0.25) is 0 Å². The van der Waals surface area contributed by atoms with Crippen molar-refractivity contribution < 1.29 is 47.2 Å². The van der Waals surface area contributed by atoms with E-state index in [1.807, 2.05) is 19.1 Å². The molecular formula is C32H44F2O8. The average Bonchev–Trinajstić information content (AvgIpc) is 3.17. The Hall–Kier alpha value is -2.56. The number of carbonyl (C=O) groups excluding carboxylic acids is 1. The number of hydrogen-bond donors (Lipinski definition) is 1. The molecule has 8 atom stereocenters. The van der Waals surface area contributed by atoms with Crippen LogP contribution in [0.25, 0.3) is 0 Å². The summed E-state index contributed by atoms with van der Waals surface area (Å²) in [6.45, 7) is 3.56. The summed E-state index contributed by atoms with van der Waals surface area (Å²) in [5, 5.41) is 9.53. The first-order valence-electron chi connectivity index (χ1n) is 15.3. The van der Waals surface area contributed by atoms with E-state index in [0.29, 0.717) is 38.9 Å². The van der Waals surface area contributed by atoms with Gasteiger partial charge in [0.15, 0.2) is 17.9 Å². The van der Waals surface area contributed by atoms with E-state index in [4.69, 9.17) is 23.7 Å². The third-order valence-electron chi connectivity index (χ3n) is 8.77. The van der Waals surface area contributed by atoms with Crippen LogP contribution in [0.1, 0.15) is 71.1 Å². The van der Waals surface area contributed by atoms with Gasteiger partial charge in [-0.3, -0.25) is 9.59 Å². The highest BCUT2D eigenvalue weighted by molar-refractivity contribution is 5.69. The van der Waals surface area contributed by atoms with Crippen molar-refractivity contribution in [2.24, 2.45) is 23.7 Å². The molecule has 42 heavy (non-hydrogen) atoms. The predicted octanol–water partition coefficient (Wildman–Crippen LogP) is 6.07. The fraction of sp³-hybridized carbons (Fsp3) is 0.688. The normalized spacial score (nSPS) is 29.4. The molecule has 0 aromatic heterocycles. The Kier molecular flexibility index (Phi) is 12.6. The second kappa shape index (κ2) is 16.3. The minimum Gasteiger partial charge on any atom is -0.487 e. The molecule has 2 saturated heterocycles. The van der Waals surface area contributed by atoms with E-state index in [2.05, 4.69) is 0 Å². The van der Waals surface area contributed by atoms with Crippen molar-refractivity contribution in [3.8, 4) is 5.75 Å². The maximum absolute atomic E-state index is 14.2. The van der Waals surface area contributed by atoms with Gasteiger partial charge < -0.3 is 28.8 Å². The number of carbonyl (C=O) groups is 2. The van der Waals surface area contributed by atoms with Crippen LogP contribution in [0.5, 0.6) is 5.75 Å². The molecule has 0 spiro atoms. The lowest BCUT2D eigenvalue weighted by atomic mass is 9.85. The molecule has 2 heterocycles. The molecule has 1 N–H and O–H groups in total. The van der Waals surface area contributed by atoms with E-state index < -0.39 is 30.0 Å². The molecule has 10 heteroatoms. The van der Waals surface area contributed by atoms with Crippen molar-refractivity contribution in [2.75, 3.05) is 19.8 Å².